The molecule has 4 heteroatoms. The van der Waals surface area contributed by atoms with E-state index >= 15 is 0 Å². The van der Waals surface area contributed by atoms with Crippen LogP contribution in [0.5, 0.6) is 0 Å². The van der Waals surface area contributed by atoms with Crippen LogP contribution in [-0.2, 0) is 6.54 Å². The number of rotatable bonds is 2. The molecule has 1 amide bonds. The summed E-state index contributed by atoms with van der Waals surface area (Å²) in [4.78, 5) is 13.2. The number of thioether (sulfide) groups is 1. The van der Waals surface area contributed by atoms with Crippen LogP contribution in [0, 0.1) is 11.3 Å². The van der Waals surface area contributed by atoms with Crippen LogP contribution in [0.15, 0.2) is 24.3 Å². The quantitative estimate of drug-likeness (QED) is 0.764. The van der Waals surface area contributed by atoms with E-state index in [4.69, 9.17) is 5.26 Å². The van der Waals surface area contributed by atoms with E-state index in [9.17, 15) is 4.79 Å². The van der Waals surface area contributed by atoms with Gasteiger partial charge in [-0.3, -0.25) is 4.79 Å². The van der Waals surface area contributed by atoms with E-state index in [0.717, 1.165) is 17.9 Å². The van der Waals surface area contributed by atoms with Gasteiger partial charge in [0.1, 0.15) is 0 Å². The van der Waals surface area contributed by atoms with Crippen molar-refractivity contribution in [1.82, 2.24) is 4.90 Å². The first-order chi connectivity index (χ1) is 7.29. The summed E-state index contributed by atoms with van der Waals surface area (Å²) in [5.41, 5.74) is 1.66. The highest BCUT2D eigenvalue weighted by Crippen LogP contribution is 2.19. The van der Waals surface area contributed by atoms with E-state index in [2.05, 4.69) is 6.07 Å². The second-order valence-corrected chi connectivity index (χ2v) is 4.39. The summed E-state index contributed by atoms with van der Waals surface area (Å²) >= 11 is 1.36. The first-order valence-electron chi connectivity index (χ1n) is 4.70. The lowest BCUT2D eigenvalue weighted by molar-refractivity contribution is 0.228. The Morgan fingerprint density at radius 2 is 2.40 bits per heavy atom. The van der Waals surface area contributed by atoms with Crippen molar-refractivity contribution in [2.75, 3.05) is 12.3 Å². The molecule has 2 rings (SSSR count). The van der Waals surface area contributed by atoms with Gasteiger partial charge in [-0.1, -0.05) is 23.9 Å². The first-order valence-corrected chi connectivity index (χ1v) is 5.69. The van der Waals surface area contributed by atoms with Gasteiger partial charge in [0.05, 0.1) is 11.6 Å². The first kappa shape index (κ1) is 10.1. The molecule has 0 radical (unpaired) electrons. The zero-order valence-electron chi connectivity index (χ0n) is 8.14. The number of nitrogens with zero attached hydrogens (tertiary/aromatic N) is 2. The SMILES string of the molecule is N#Cc1cccc(CN2CCSC2=O)c1. The van der Waals surface area contributed by atoms with Gasteiger partial charge >= 0.3 is 0 Å². The Kier molecular flexibility index (Phi) is 2.93. The number of carbonyl (C=O) groups excluding carboxylic acids is 1. The largest absolute Gasteiger partial charge is 0.328 e. The Labute approximate surface area is 92.7 Å². The molecule has 0 unspecified atom stereocenters. The second kappa shape index (κ2) is 4.37. The number of amides is 1. The van der Waals surface area contributed by atoms with E-state index in [0.29, 0.717) is 12.1 Å². The normalized spacial score (nSPS) is 15.4. The molecule has 0 aliphatic carbocycles. The molecule has 0 bridgehead atoms. The van der Waals surface area contributed by atoms with E-state index in [1.54, 1.807) is 11.0 Å². The van der Waals surface area contributed by atoms with Crippen molar-refractivity contribution in [2.45, 2.75) is 6.54 Å². The van der Waals surface area contributed by atoms with Gasteiger partial charge in [0.15, 0.2) is 0 Å². The number of hydrogen-bond acceptors (Lipinski definition) is 3. The third-order valence-corrected chi connectivity index (χ3v) is 3.17. The van der Waals surface area contributed by atoms with Crippen LogP contribution in [0.2, 0.25) is 0 Å². The molecule has 0 aromatic heterocycles. The van der Waals surface area contributed by atoms with Crippen molar-refractivity contribution in [3.8, 4) is 6.07 Å². The van der Waals surface area contributed by atoms with Gasteiger partial charge in [0.25, 0.3) is 5.24 Å². The molecular formula is C11H10N2OS. The topological polar surface area (TPSA) is 44.1 Å². The Hall–Kier alpha value is -1.47. The van der Waals surface area contributed by atoms with E-state index in [-0.39, 0.29) is 5.24 Å². The third-order valence-electron chi connectivity index (χ3n) is 2.27. The van der Waals surface area contributed by atoms with Crippen LogP contribution in [0.25, 0.3) is 0 Å². The molecule has 1 saturated heterocycles. The van der Waals surface area contributed by atoms with Crippen LogP contribution in [0.1, 0.15) is 11.1 Å². The molecular weight excluding hydrogens is 208 g/mol. The average Bonchev–Trinajstić information content (AvgIpc) is 2.65. The van der Waals surface area contributed by atoms with Gasteiger partial charge in [-0.25, -0.2) is 0 Å². The highest BCUT2D eigenvalue weighted by atomic mass is 32.2. The summed E-state index contributed by atoms with van der Waals surface area (Å²) in [6, 6.07) is 9.48. The zero-order valence-corrected chi connectivity index (χ0v) is 8.96. The molecule has 0 atom stereocenters. The van der Waals surface area contributed by atoms with Crippen molar-refractivity contribution >= 4 is 17.0 Å². The lowest BCUT2D eigenvalue weighted by atomic mass is 10.1. The molecule has 76 valence electrons. The van der Waals surface area contributed by atoms with Gasteiger partial charge in [-0.2, -0.15) is 5.26 Å². The number of nitriles is 1. The molecule has 15 heavy (non-hydrogen) atoms. The zero-order chi connectivity index (χ0) is 10.7. The minimum absolute atomic E-state index is 0.136. The molecule has 0 saturated carbocycles. The predicted molar refractivity (Wildman–Crippen MR) is 59.4 cm³/mol. The van der Waals surface area contributed by atoms with Crippen LogP contribution >= 0.6 is 11.8 Å². The Bertz CT molecular complexity index is 425. The van der Waals surface area contributed by atoms with Gasteiger partial charge in [0, 0.05) is 18.8 Å². The molecule has 0 N–H and O–H groups in total. The Balaban J connectivity index is 2.10. The van der Waals surface area contributed by atoms with Gasteiger partial charge in [0.2, 0.25) is 0 Å². The van der Waals surface area contributed by atoms with Crippen LogP contribution in [0.4, 0.5) is 4.79 Å². The number of benzene rings is 1. The summed E-state index contributed by atoms with van der Waals surface area (Å²) < 4.78 is 0. The highest BCUT2D eigenvalue weighted by Gasteiger charge is 2.20. The third kappa shape index (κ3) is 2.31. The van der Waals surface area contributed by atoms with Crippen LogP contribution in [0.3, 0.4) is 0 Å². The summed E-state index contributed by atoms with van der Waals surface area (Å²) in [6.45, 7) is 1.42. The molecule has 1 aromatic rings. The predicted octanol–water partition coefficient (Wildman–Crippen LogP) is 2.23. The highest BCUT2D eigenvalue weighted by molar-refractivity contribution is 8.13. The van der Waals surface area contributed by atoms with Crippen molar-refractivity contribution in [1.29, 1.82) is 5.26 Å². The summed E-state index contributed by atoms with van der Waals surface area (Å²) in [6.07, 6.45) is 0. The van der Waals surface area contributed by atoms with Gasteiger partial charge in [-0.15, -0.1) is 0 Å². The van der Waals surface area contributed by atoms with E-state index in [1.807, 2.05) is 18.2 Å². The molecule has 3 nitrogen and oxygen atoms in total. The molecule has 1 fully saturated rings. The van der Waals surface area contributed by atoms with Crippen LogP contribution in [-0.4, -0.2) is 22.4 Å². The van der Waals surface area contributed by atoms with Crippen molar-refractivity contribution in [2.24, 2.45) is 0 Å². The lowest BCUT2D eigenvalue weighted by Gasteiger charge is -2.14. The summed E-state index contributed by atoms with van der Waals surface area (Å²) in [5, 5.41) is 8.88. The molecule has 1 heterocycles. The fourth-order valence-electron chi connectivity index (χ4n) is 1.53. The van der Waals surface area contributed by atoms with Crippen molar-refractivity contribution < 1.29 is 4.79 Å². The Morgan fingerprint density at radius 3 is 3.07 bits per heavy atom. The summed E-state index contributed by atoms with van der Waals surface area (Å²) in [7, 11) is 0. The van der Waals surface area contributed by atoms with Gasteiger partial charge in [-0.05, 0) is 17.7 Å². The maximum absolute atomic E-state index is 11.4. The number of carbonyl (C=O) groups is 1. The summed E-state index contributed by atoms with van der Waals surface area (Å²) in [5.74, 6) is 0.872. The standard InChI is InChI=1S/C11H10N2OS/c12-7-9-2-1-3-10(6-9)8-13-4-5-15-11(13)14/h1-3,6H,4-5,8H2. The molecule has 1 aliphatic heterocycles. The fraction of sp³-hybridized carbons (Fsp3) is 0.273. The fourth-order valence-corrected chi connectivity index (χ4v) is 2.35. The average molecular weight is 218 g/mol. The van der Waals surface area contributed by atoms with Crippen LogP contribution < -0.4 is 0 Å². The molecule has 1 aromatic carbocycles. The molecule has 0 spiro atoms. The van der Waals surface area contributed by atoms with E-state index in [1.165, 1.54) is 11.8 Å². The monoisotopic (exact) mass is 218 g/mol. The van der Waals surface area contributed by atoms with E-state index < -0.39 is 0 Å². The minimum Gasteiger partial charge on any atom is -0.328 e. The lowest BCUT2D eigenvalue weighted by Crippen LogP contribution is -2.22. The van der Waals surface area contributed by atoms with Gasteiger partial charge < -0.3 is 4.90 Å². The smallest absolute Gasteiger partial charge is 0.282 e. The minimum atomic E-state index is 0.136. The maximum atomic E-state index is 11.4. The molecule has 1 aliphatic rings. The maximum Gasteiger partial charge on any atom is 0.282 e. The Morgan fingerprint density at radius 1 is 1.53 bits per heavy atom. The van der Waals surface area contributed by atoms with Crippen molar-refractivity contribution in [3.63, 3.8) is 0 Å². The van der Waals surface area contributed by atoms with Crippen molar-refractivity contribution in [3.05, 3.63) is 35.4 Å². The second-order valence-electron chi connectivity index (χ2n) is 3.35. The number of hydrogen-bond donors (Lipinski definition) is 0.